The van der Waals surface area contributed by atoms with Crippen LogP contribution in [0, 0.1) is 0 Å². The minimum absolute atomic E-state index is 0.0668. The largest absolute Gasteiger partial charge is 0.456 e. The maximum absolute atomic E-state index is 9.03. The zero-order chi connectivity index (χ0) is 40.0. The molecule has 0 N–H and O–H groups in total. The molecule has 7 aromatic carbocycles. The quantitative estimate of drug-likeness (QED) is 0.186. The van der Waals surface area contributed by atoms with Crippen LogP contribution in [0.15, 0.2) is 174 Å². The van der Waals surface area contributed by atoms with Gasteiger partial charge in [0.2, 0.25) is 5.95 Å². The van der Waals surface area contributed by atoms with E-state index in [1.807, 2.05) is 84.9 Å². The van der Waals surface area contributed by atoms with Gasteiger partial charge in [-0.05, 0) is 52.5 Å². The Morgan fingerprint density at radius 2 is 0.920 bits per heavy atom. The number of nitrogens with zero attached hydrogens (tertiary/aromatic N) is 4. The summed E-state index contributed by atoms with van der Waals surface area (Å²) in [5.41, 5.74) is 6.53. The SMILES string of the molecule is [2H]c1c([2H])c([2H])c2c(c1[2H])c1c([2H])c([2H])c([2H])c([2H])c1n2-c1nc(-c2ccc(-c3ccc(-c4ccccc4)cc3)cc2)nc(-c2ccc3c(c2)oc2ccccc23)n1. The van der Waals surface area contributed by atoms with Gasteiger partial charge in [-0.1, -0.05) is 139 Å². The molecule has 0 atom stereocenters. The van der Waals surface area contributed by atoms with Crippen molar-refractivity contribution in [2.24, 2.45) is 0 Å². The van der Waals surface area contributed by atoms with Crippen LogP contribution in [-0.2, 0) is 0 Å². The average molecular weight is 649 g/mol. The summed E-state index contributed by atoms with van der Waals surface area (Å²) in [6.07, 6.45) is 0. The normalized spacial score (nSPS) is 13.8. The van der Waals surface area contributed by atoms with Crippen molar-refractivity contribution in [2.45, 2.75) is 0 Å². The first-order chi connectivity index (χ1) is 28.1. The van der Waals surface area contributed by atoms with Crippen molar-refractivity contribution < 1.29 is 15.4 Å². The summed E-state index contributed by atoms with van der Waals surface area (Å²) >= 11 is 0. The number of aromatic nitrogens is 4. The van der Waals surface area contributed by atoms with Gasteiger partial charge in [-0.3, -0.25) is 4.57 Å². The first-order valence-corrected chi connectivity index (χ1v) is 16.0. The standard InChI is InChI=1S/C45H28N4O/c1-2-10-29(11-3-1)30-18-20-31(21-19-30)32-22-24-33(25-23-32)43-46-44(34-26-27-38-37-14-6-9-17-41(37)50-42(38)28-34)48-45(47-43)49-39-15-7-4-12-35(39)36-13-5-8-16-40(36)49/h1-28H/i4D,5D,7D,8D,12D,13D,15D,16D. The number of hydrogen-bond donors (Lipinski definition) is 0. The van der Waals surface area contributed by atoms with E-state index in [4.69, 9.17) is 30.3 Å². The molecule has 5 heteroatoms. The van der Waals surface area contributed by atoms with Gasteiger partial charge in [-0.15, -0.1) is 0 Å². The van der Waals surface area contributed by atoms with Crippen LogP contribution in [0.4, 0.5) is 0 Å². The third-order valence-electron chi connectivity index (χ3n) is 8.96. The lowest BCUT2D eigenvalue weighted by Crippen LogP contribution is -2.06. The molecule has 0 spiro atoms. The topological polar surface area (TPSA) is 56.7 Å². The van der Waals surface area contributed by atoms with E-state index in [2.05, 4.69) is 36.4 Å². The zero-order valence-electron chi connectivity index (χ0n) is 34.2. The zero-order valence-corrected chi connectivity index (χ0v) is 26.2. The summed E-state index contributed by atoms with van der Waals surface area (Å²) < 4.78 is 77.4. The van der Waals surface area contributed by atoms with E-state index in [-0.39, 0.29) is 39.4 Å². The minimum atomic E-state index is -0.533. The first kappa shape index (κ1) is 21.2. The van der Waals surface area contributed by atoms with Gasteiger partial charge in [-0.2, -0.15) is 9.97 Å². The number of furan rings is 1. The Balaban J connectivity index is 1.20. The van der Waals surface area contributed by atoms with Crippen LogP contribution in [0.5, 0.6) is 0 Å². The number of hydrogen-bond acceptors (Lipinski definition) is 4. The summed E-state index contributed by atoms with van der Waals surface area (Å²) in [6.45, 7) is 0. The summed E-state index contributed by atoms with van der Waals surface area (Å²) in [4.78, 5) is 14.7. The Kier molecular flexibility index (Phi) is 4.83. The Morgan fingerprint density at radius 3 is 1.58 bits per heavy atom. The summed E-state index contributed by atoms with van der Waals surface area (Å²) in [7, 11) is 0. The molecule has 0 radical (unpaired) electrons. The van der Waals surface area contributed by atoms with Crippen molar-refractivity contribution in [3.8, 4) is 51.0 Å². The van der Waals surface area contributed by atoms with Crippen molar-refractivity contribution in [3.63, 3.8) is 0 Å². The first-order valence-electron chi connectivity index (χ1n) is 20.0. The second-order valence-corrected chi connectivity index (χ2v) is 11.9. The Bertz CT molecular complexity index is 3230. The van der Waals surface area contributed by atoms with Crippen LogP contribution in [0.3, 0.4) is 0 Å². The molecular weight excluding hydrogens is 613 g/mol. The van der Waals surface area contributed by atoms with E-state index in [0.717, 1.165) is 38.6 Å². The van der Waals surface area contributed by atoms with E-state index < -0.39 is 48.3 Å². The highest BCUT2D eigenvalue weighted by molar-refractivity contribution is 6.09. The highest BCUT2D eigenvalue weighted by Gasteiger charge is 2.18. The molecule has 234 valence electrons. The third-order valence-corrected chi connectivity index (χ3v) is 8.96. The van der Waals surface area contributed by atoms with Gasteiger partial charge >= 0.3 is 0 Å². The maximum atomic E-state index is 9.03. The molecule has 0 amide bonds. The van der Waals surface area contributed by atoms with E-state index in [1.165, 1.54) is 4.57 Å². The van der Waals surface area contributed by atoms with Crippen molar-refractivity contribution in [3.05, 3.63) is 170 Å². The summed E-state index contributed by atoms with van der Waals surface area (Å²) in [5, 5.41) is 1.71. The van der Waals surface area contributed by atoms with Gasteiger partial charge in [0.1, 0.15) is 11.2 Å². The number of fused-ring (bicyclic) bond motifs is 6. The van der Waals surface area contributed by atoms with Gasteiger partial charge < -0.3 is 4.42 Å². The Hall–Kier alpha value is -6.85. The van der Waals surface area contributed by atoms with Crippen LogP contribution in [0.1, 0.15) is 11.0 Å². The summed E-state index contributed by atoms with van der Waals surface area (Å²) in [6, 6.07) is 35.5. The highest BCUT2D eigenvalue weighted by atomic mass is 16.3. The van der Waals surface area contributed by atoms with Crippen molar-refractivity contribution in [1.29, 1.82) is 0 Å². The van der Waals surface area contributed by atoms with Gasteiger partial charge in [0, 0.05) is 32.7 Å². The van der Waals surface area contributed by atoms with Crippen LogP contribution >= 0.6 is 0 Å². The second kappa shape index (κ2) is 11.4. The molecule has 0 saturated heterocycles. The molecule has 0 aliphatic carbocycles. The Labute approximate surface area is 299 Å². The molecule has 0 fully saturated rings. The highest BCUT2D eigenvalue weighted by Crippen LogP contribution is 2.35. The lowest BCUT2D eigenvalue weighted by Gasteiger charge is -2.11. The van der Waals surface area contributed by atoms with Crippen LogP contribution in [0.2, 0.25) is 0 Å². The minimum Gasteiger partial charge on any atom is -0.456 e. The number of para-hydroxylation sites is 3. The van der Waals surface area contributed by atoms with Crippen molar-refractivity contribution >= 4 is 43.7 Å². The smallest absolute Gasteiger partial charge is 0.238 e. The summed E-state index contributed by atoms with van der Waals surface area (Å²) in [5.74, 6) is 0.340. The van der Waals surface area contributed by atoms with Crippen molar-refractivity contribution in [2.75, 3.05) is 0 Å². The fourth-order valence-electron chi connectivity index (χ4n) is 6.51. The van der Waals surface area contributed by atoms with Gasteiger partial charge in [0.05, 0.1) is 22.0 Å². The molecule has 0 bridgehead atoms. The molecule has 0 aliphatic rings. The van der Waals surface area contributed by atoms with E-state index in [9.17, 15) is 0 Å². The average Bonchev–Trinajstić information content (AvgIpc) is 3.83. The Morgan fingerprint density at radius 1 is 0.420 bits per heavy atom. The fourth-order valence-corrected chi connectivity index (χ4v) is 6.51. The molecule has 50 heavy (non-hydrogen) atoms. The molecule has 3 heterocycles. The molecule has 5 nitrogen and oxygen atoms in total. The fraction of sp³-hybridized carbons (Fsp3) is 0. The van der Waals surface area contributed by atoms with E-state index >= 15 is 0 Å². The van der Waals surface area contributed by atoms with Gasteiger partial charge in [0.25, 0.3) is 0 Å². The molecule has 0 aliphatic heterocycles. The van der Waals surface area contributed by atoms with Crippen LogP contribution in [-0.4, -0.2) is 19.5 Å². The number of benzene rings is 7. The lowest BCUT2D eigenvalue weighted by atomic mass is 9.99. The predicted molar refractivity (Wildman–Crippen MR) is 203 cm³/mol. The van der Waals surface area contributed by atoms with E-state index in [1.54, 1.807) is 0 Å². The monoisotopic (exact) mass is 648 g/mol. The molecule has 10 aromatic rings. The predicted octanol–water partition coefficient (Wildman–Crippen LogP) is 11.5. The second-order valence-electron chi connectivity index (χ2n) is 11.9. The van der Waals surface area contributed by atoms with Gasteiger partial charge in [-0.25, -0.2) is 4.98 Å². The number of rotatable bonds is 5. The van der Waals surface area contributed by atoms with E-state index in [0.29, 0.717) is 16.7 Å². The molecule has 10 rings (SSSR count). The molecule has 0 saturated carbocycles. The third kappa shape index (κ3) is 4.67. The maximum Gasteiger partial charge on any atom is 0.238 e. The lowest BCUT2D eigenvalue weighted by molar-refractivity contribution is 0.669. The van der Waals surface area contributed by atoms with Gasteiger partial charge in [0.15, 0.2) is 11.6 Å². The van der Waals surface area contributed by atoms with Crippen LogP contribution in [0.25, 0.3) is 94.7 Å². The molecular formula is C45H28N4O. The van der Waals surface area contributed by atoms with Crippen LogP contribution < -0.4 is 0 Å². The van der Waals surface area contributed by atoms with Crippen molar-refractivity contribution in [1.82, 2.24) is 19.5 Å². The molecule has 0 unspecified atom stereocenters. The molecule has 3 aromatic heterocycles.